The minimum atomic E-state index is -3.57. The Labute approximate surface area is 93.7 Å². The second kappa shape index (κ2) is 3.84. The summed E-state index contributed by atoms with van der Waals surface area (Å²) in [7, 11) is -3.57. The van der Waals surface area contributed by atoms with Crippen molar-refractivity contribution >= 4 is 21.6 Å². The summed E-state index contributed by atoms with van der Waals surface area (Å²) in [5, 5.41) is 9.12. The third-order valence-electron chi connectivity index (χ3n) is 2.18. The van der Waals surface area contributed by atoms with Gasteiger partial charge in [0.2, 0.25) is 0 Å². The minimum absolute atomic E-state index is 0.00407. The maximum atomic E-state index is 11.5. The van der Waals surface area contributed by atoms with E-state index in [1.54, 1.807) is 0 Å². The molecule has 0 spiro atoms. The van der Waals surface area contributed by atoms with E-state index in [1.165, 1.54) is 18.2 Å². The topological polar surface area (TPSA) is 104 Å². The van der Waals surface area contributed by atoms with Gasteiger partial charge >= 0.3 is 0 Å². The number of aromatic hydroxyl groups is 1. The van der Waals surface area contributed by atoms with E-state index < -0.39 is 10.2 Å². The van der Waals surface area contributed by atoms with E-state index in [2.05, 4.69) is 9.44 Å². The van der Waals surface area contributed by atoms with Gasteiger partial charge in [-0.05, 0) is 25.0 Å². The van der Waals surface area contributed by atoms with Crippen LogP contribution in [0.1, 0.15) is 12.8 Å². The van der Waals surface area contributed by atoms with Gasteiger partial charge in [0.05, 0.1) is 11.4 Å². The van der Waals surface area contributed by atoms with Crippen LogP contribution in [0.2, 0.25) is 0 Å². The Morgan fingerprint density at radius 1 is 1.38 bits per heavy atom. The molecular weight excluding hydrogens is 230 g/mol. The Balaban J connectivity index is 2.13. The smallest absolute Gasteiger partial charge is 0.299 e. The van der Waals surface area contributed by atoms with Crippen molar-refractivity contribution in [3.63, 3.8) is 0 Å². The lowest BCUT2D eigenvalue weighted by Crippen LogP contribution is -2.31. The van der Waals surface area contributed by atoms with Gasteiger partial charge in [-0.2, -0.15) is 13.1 Å². The highest BCUT2D eigenvalue weighted by molar-refractivity contribution is 7.90. The molecule has 1 saturated carbocycles. The zero-order valence-electron chi connectivity index (χ0n) is 8.47. The average Bonchev–Trinajstić information content (AvgIpc) is 2.93. The first-order valence-electron chi connectivity index (χ1n) is 4.85. The lowest BCUT2D eigenvalue weighted by Gasteiger charge is -2.10. The molecule has 1 aromatic carbocycles. The summed E-state index contributed by atoms with van der Waals surface area (Å²) in [5.41, 5.74) is 6.00. The van der Waals surface area contributed by atoms with Crippen LogP contribution in [0.5, 0.6) is 5.75 Å². The number of benzene rings is 1. The molecular formula is C9H13N3O3S. The van der Waals surface area contributed by atoms with Crippen molar-refractivity contribution in [3.8, 4) is 5.75 Å². The molecule has 0 aliphatic heterocycles. The summed E-state index contributed by atoms with van der Waals surface area (Å²) < 4.78 is 27.9. The molecule has 1 aromatic rings. The second-order valence-electron chi connectivity index (χ2n) is 3.77. The molecule has 0 saturated heterocycles. The highest BCUT2D eigenvalue weighted by Gasteiger charge is 2.27. The summed E-state index contributed by atoms with van der Waals surface area (Å²) in [5.74, 6) is -0.00407. The summed E-state index contributed by atoms with van der Waals surface area (Å²) in [6.07, 6.45) is 1.73. The molecule has 1 aliphatic rings. The summed E-state index contributed by atoms with van der Waals surface area (Å²) in [6, 6.07) is 4.10. The zero-order valence-corrected chi connectivity index (χ0v) is 9.29. The molecule has 0 heterocycles. The van der Waals surface area contributed by atoms with E-state index in [0.717, 1.165) is 12.8 Å². The van der Waals surface area contributed by atoms with E-state index >= 15 is 0 Å². The third kappa shape index (κ3) is 2.77. The predicted molar refractivity (Wildman–Crippen MR) is 61.2 cm³/mol. The van der Waals surface area contributed by atoms with E-state index in [1.807, 2.05) is 0 Å². The molecule has 0 bridgehead atoms. The Bertz CT molecular complexity index is 497. The van der Waals surface area contributed by atoms with Crippen molar-refractivity contribution in [1.82, 2.24) is 4.72 Å². The molecule has 7 heteroatoms. The molecule has 0 unspecified atom stereocenters. The van der Waals surface area contributed by atoms with Gasteiger partial charge in [0.1, 0.15) is 5.75 Å². The van der Waals surface area contributed by atoms with Crippen molar-refractivity contribution in [2.75, 3.05) is 10.5 Å². The van der Waals surface area contributed by atoms with Crippen LogP contribution in [0.4, 0.5) is 11.4 Å². The second-order valence-corrected chi connectivity index (χ2v) is 5.22. The van der Waals surface area contributed by atoms with Gasteiger partial charge < -0.3 is 10.8 Å². The molecule has 2 rings (SSSR count). The molecule has 88 valence electrons. The maximum Gasteiger partial charge on any atom is 0.299 e. The monoisotopic (exact) mass is 243 g/mol. The van der Waals surface area contributed by atoms with Gasteiger partial charge in [0.25, 0.3) is 10.2 Å². The standard InChI is InChI=1S/C9H13N3O3S/c10-8-5-7(13)3-4-9(8)12-16(14,15)11-6-1-2-6/h3-6,11-13H,1-2,10H2. The number of anilines is 2. The van der Waals surface area contributed by atoms with Crippen LogP contribution in [0.3, 0.4) is 0 Å². The molecule has 0 radical (unpaired) electrons. The van der Waals surface area contributed by atoms with Gasteiger partial charge in [0, 0.05) is 12.1 Å². The average molecular weight is 243 g/mol. The quantitative estimate of drug-likeness (QED) is 0.453. The van der Waals surface area contributed by atoms with Crippen LogP contribution in [0.25, 0.3) is 0 Å². The number of nitrogens with two attached hydrogens (primary N) is 1. The fourth-order valence-corrected chi connectivity index (χ4v) is 2.45. The van der Waals surface area contributed by atoms with E-state index in [4.69, 9.17) is 10.8 Å². The Hall–Kier alpha value is -1.47. The number of phenols is 1. The SMILES string of the molecule is Nc1cc(O)ccc1NS(=O)(=O)NC1CC1. The van der Waals surface area contributed by atoms with Crippen molar-refractivity contribution in [2.45, 2.75) is 18.9 Å². The van der Waals surface area contributed by atoms with Gasteiger partial charge in [-0.3, -0.25) is 4.72 Å². The lowest BCUT2D eigenvalue weighted by molar-refractivity contribution is 0.475. The van der Waals surface area contributed by atoms with Crippen LogP contribution in [-0.4, -0.2) is 19.6 Å². The number of hydrogen-bond acceptors (Lipinski definition) is 4. The minimum Gasteiger partial charge on any atom is -0.508 e. The molecule has 16 heavy (non-hydrogen) atoms. The van der Waals surface area contributed by atoms with Gasteiger partial charge in [-0.15, -0.1) is 0 Å². The molecule has 0 aromatic heterocycles. The molecule has 1 aliphatic carbocycles. The van der Waals surface area contributed by atoms with Crippen LogP contribution in [0, 0.1) is 0 Å². The predicted octanol–water partition coefficient (Wildman–Crippen LogP) is 0.383. The number of nitrogen functional groups attached to an aromatic ring is 1. The van der Waals surface area contributed by atoms with Crippen molar-refractivity contribution < 1.29 is 13.5 Å². The molecule has 1 fully saturated rings. The Kier molecular flexibility index (Phi) is 2.64. The van der Waals surface area contributed by atoms with Crippen LogP contribution in [-0.2, 0) is 10.2 Å². The van der Waals surface area contributed by atoms with Crippen LogP contribution in [0.15, 0.2) is 18.2 Å². The summed E-state index contributed by atoms with van der Waals surface area (Å²) in [4.78, 5) is 0. The van der Waals surface area contributed by atoms with Gasteiger partial charge in [-0.1, -0.05) is 0 Å². The summed E-state index contributed by atoms with van der Waals surface area (Å²) in [6.45, 7) is 0. The van der Waals surface area contributed by atoms with Crippen molar-refractivity contribution in [1.29, 1.82) is 0 Å². The third-order valence-corrected chi connectivity index (χ3v) is 3.31. The first-order chi connectivity index (χ1) is 7.46. The zero-order chi connectivity index (χ0) is 11.8. The molecule has 6 nitrogen and oxygen atoms in total. The normalized spacial score (nSPS) is 16.0. The first kappa shape index (κ1) is 11.0. The highest BCUT2D eigenvalue weighted by atomic mass is 32.2. The first-order valence-corrected chi connectivity index (χ1v) is 6.33. The number of hydrogen-bond donors (Lipinski definition) is 4. The lowest BCUT2D eigenvalue weighted by atomic mass is 10.2. The Morgan fingerprint density at radius 2 is 2.06 bits per heavy atom. The largest absolute Gasteiger partial charge is 0.508 e. The van der Waals surface area contributed by atoms with Crippen molar-refractivity contribution in [3.05, 3.63) is 18.2 Å². The molecule has 0 amide bonds. The fourth-order valence-electron chi connectivity index (χ4n) is 1.24. The molecule has 0 atom stereocenters. The van der Waals surface area contributed by atoms with E-state index in [9.17, 15) is 8.42 Å². The fraction of sp³-hybridized carbons (Fsp3) is 0.333. The van der Waals surface area contributed by atoms with E-state index in [0.29, 0.717) is 0 Å². The van der Waals surface area contributed by atoms with Crippen LogP contribution < -0.4 is 15.2 Å². The number of rotatable bonds is 4. The summed E-state index contributed by atoms with van der Waals surface area (Å²) >= 11 is 0. The maximum absolute atomic E-state index is 11.5. The van der Waals surface area contributed by atoms with Crippen LogP contribution >= 0.6 is 0 Å². The Morgan fingerprint density at radius 3 is 2.62 bits per heavy atom. The number of phenolic OH excluding ortho intramolecular Hbond substituents is 1. The van der Waals surface area contributed by atoms with Gasteiger partial charge in [0.15, 0.2) is 0 Å². The molecule has 5 N–H and O–H groups in total. The highest BCUT2D eigenvalue weighted by Crippen LogP contribution is 2.25. The van der Waals surface area contributed by atoms with Crippen molar-refractivity contribution in [2.24, 2.45) is 0 Å². The van der Waals surface area contributed by atoms with E-state index in [-0.39, 0.29) is 23.2 Å². The number of nitrogens with one attached hydrogen (secondary N) is 2. The van der Waals surface area contributed by atoms with Gasteiger partial charge in [-0.25, -0.2) is 0 Å².